The van der Waals surface area contributed by atoms with Gasteiger partial charge in [0.2, 0.25) is 5.91 Å². The van der Waals surface area contributed by atoms with Crippen LogP contribution < -0.4 is 4.74 Å². The van der Waals surface area contributed by atoms with Crippen molar-refractivity contribution < 1.29 is 9.53 Å². The van der Waals surface area contributed by atoms with Crippen molar-refractivity contribution in [3.8, 4) is 5.75 Å². The van der Waals surface area contributed by atoms with Gasteiger partial charge in [-0.3, -0.25) is 4.79 Å². The Balaban J connectivity index is 1.61. The number of hydrogen-bond donors (Lipinski definition) is 0. The third-order valence-electron chi connectivity index (χ3n) is 4.49. The van der Waals surface area contributed by atoms with Gasteiger partial charge in [-0.25, -0.2) is 0 Å². The van der Waals surface area contributed by atoms with Gasteiger partial charge in [-0.2, -0.15) is 0 Å². The van der Waals surface area contributed by atoms with E-state index in [1.54, 1.807) is 4.90 Å². The summed E-state index contributed by atoms with van der Waals surface area (Å²) in [5.41, 5.74) is 2.36. The molecular weight excluding hydrogens is 286 g/mol. The van der Waals surface area contributed by atoms with Crippen LogP contribution in [0.3, 0.4) is 0 Å². The molecule has 2 aromatic carbocycles. The molecule has 0 N–H and O–H groups in total. The highest BCUT2D eigenvalue weighted by Crippen LogP contribution is 2.48. The molecule has 0 saturated heterocycles. The lowest BCUT2D eigenvalue weighted by molar-refractivity contribution is -0.131. The average Bonchev–Trinajstić information content (AvgIpc) is 3.40. The van der Waals surface area contributed by atoms with Crippen LogP contribution in [0.1, 0.15) is 30.4 Å². The van der Waals surface area contributed by atoms with Crippen molar-refractivity contribution in [1.82, 2.24) is 4.90 Å². The Kier molecular flexibility index (Phi) is 4.65. The van der Waals surface area contributed by atoms with Crippen molar-refractivity contribution in [2.24, 2.45) is 5.92 Å². The van der Waals surface area contributed by atoms with E-state index in [4.69, 9.17) is 4.74 Å². The highest BCUT2D eigenvalue weighted by molar-refractivity contribution is 5.82. The third-order valence-corrected chi connectivity index (χ3v) is 4.49. The summed E-state index contributed by atoms with van der Waals surface area (Å²) in [6.45, 7) is 3.34. The molecule has 23 heavy (non-hydrogen) atoms. The van der Waals surface area contributed by atoms with Crippen molar-refractivity contribution in [3.05, 3.63) is 65.7 Å². The molecule has 0 bridgehead atoms. The molecule has 1 saturated carbocycles. The molecule has 0 aliphatic heterocycles. The zero-order valence-corrected chi connectivity index (χ0v) is 13.7. The maximum Gasteiger partial charge on any atom is 0.226 e. The van der Waals surface area contributed by atoms with E-state index >= 15 is 0 Å². The Bertz CT molecular complexity index is 668. The number of ether oxygens (including phenoxy) is 1. The quantitative estimate of drug-likeness (QED) is 0.811. The van der Waals surface area contributed by atoms with Gasteiger partial charge < -0.3 is 9.64 Å². The lowest BCUT2D eigenvalue weighted by Crippen LogP contribution is -2.28. The van der Waals surface area contributed by atoms with Gasteiger partial charge in [0, 0.05) is 19.5 Å². The van der Waals surface area contributed by atoms with Gasteiger partial charge in [0.1, 0.15) is 12.4 Å². The highest BCUT2D eigenvalue weighted by atomic mass is 16.5. The van der Waals surface area contributed by atoms with Gasteiger partial charge in [-0.15, -0.1) is 0 Å². The summed E-state index contributed by atoms with van der Waals surface area (Å²) in [6, 6.07) is 18.3. The lowest BCUT2D eigenvalue weighted by Gasteiger charge is -2.14. The zero-order chi connectivity index (χ0) is 16.2. The predicted molar refractivity (Wildman–Crippen MR) is 91.4 cm³/mol. The fraction of sp³-hybridized carbons (Fsp3) is 0.350. The highest BCUT2D eigenvalue weighted by Gasteiger charge is 2.44. The van der Waals surface area contributed by atoms with E-state index in [2.05, 4.69) is 24.3 Å². The third kappa shape index (κ3) is 3.73. The average molecular weight is 309 g/mol. The first-order chi connectivity index (χ1) is 11.2. The van der Waals surface area contributed by atoms with Crippen LogP contribution in [0.4, 0.5) is 0 Å². The van der Waals surface area contributed by atoms with E-state index in [0.29, 0.717) is 12.5 Å². The van der Waals surface area contributed by atoms with Crippen LogP contribution >= 0.6 is 0 Å². The van der Waals surface area contributed by atoms with Gasteiger partial charge in [0.05, 0.1) is 0 Å². The van der Waals surface area contributed by atoms with Crippen molar-refractivity contribution in [3.63, 3.8) is 0 Å². The first kappa shape index (κ1) is 15.6. The van der Waals surface area contributed by atoms with Crippen molar-refractivity contribution in [2.75, 3.05) is 13.6 Å². The zero-order valence-electron chi connectivity index (χ0n) is 13.7. The first-order valence-corrected chi connectivity index (χ1v) is 8.20. The van der Waals surface area contributed by atoms with E-state index in [1.807, 2.05) is 44.3 Å². The van der Waals surface area contributed by atoms with Crippen molar-refractivity contribution in [2.45, 2.75) is 25.9 Å². The summed E-state index contributed by atoms with van der Waals surface area (Å²) in [6.07, 6.45) is 0.950. The van der Waals surface area contributed by atoms with Gasteiger partial charge in [-0.1, -0.05) is 42.5 Å². The largest absolute Gasteiger partial charge is 0.489 e. The summed E-state index contributed by atoms with van der Waals surface area (Å²) in [5.74, 6) is 1.61. The summed E-state index contributed by atoms with van der Waals surface area (Å²) < 4.78 is 5.88. The predicted octanol–water partition coefficient (Wildman–Crippen LogP) is 3.85. The SMILES string of the molecule is CCN(C)C(=O)C1CC1c1cccc(OCc2ccccc2)c1. The van der Waals surface area contributed by atoms with Crippen molar-refractivity contribution in [1.29, 1.82) is 0 Å². The number of rotatable bonds is 6. The number of nitrogens with zero attached hydrogens (tertiary/aromatic N) is 1. The molecule has 0 spiro atoms. The van der Waals surface area contributed by atoms with Crippen LogP contribution in [0.5, 0.6) is 5.75 Å². The molecule has 2 aromatic rings. The van der Waals surface area contributed by atoms with Crippen LogP contribution in [0.25, 0.3) is 0 Å². The number of benzene rings is 2. The van der Waals surface area contributed by atoms with Crippen LogP contribution in [0.15, 0.2) is 54.6 Å². The molecule has 0 radical (unpaired) electrons. The molecule has 3 nitrogen and oxygen atoms in total. The minimum atomic E-state index is 0.143. The van der Waals surface area contributed by atoms with Crippen LogP contribution in [0.2, 0.25) is 0 Å². The Morgan fingerprint density at radius 2 is 1.96 bits per heavy atom. The molecule has 2 unspecified atom stereocenters. The number of hydrogen-bond acceptors (Lipinski definition) is 2. The minimum absolute atomic E-state index is 0.143. The van der Waals surface area contributed by atoms with E-state index in [1.165, 1.54) is 5.56 Å². The van der Waals surface area contributed by atoms with E-state index in [-0.39, 0.29) is 11.8 Å². The Morgan fingerprint density at radius 1 is 1.17 bits per heavy atom. The molecule has 2 atom stereocenters. The second-order valence-corrected chi connectivity index (χ2v) is 6.15. The minimum Gasteiger partial charge on any atom is -0.489 e. The molecule has 1 amide bonds. The summed E-state index contributed by atoms with van der Waals surface area (Å²) in [7, 11) is 1.87. The Labute approximate surface area is 137 Å². The molecular formula is C20H23NO2. The maximum atomic E-state index is 12.2. The number of carbonyl (C=O) groups is 1. The lowest BCUT2D eigenvalue weighted by atomic mass is 10.1. The molecule has 0 aromatic heterocycles. The molecule has 0 heterocycles. The molecule has 1 aliphatic carbocycles. The van der Waals surface area contributed by atoms with Crippen LogP contribution in [-0.4, -0.2) is 24.4 Å². The molecule has 1 fully saturated rings. The molecule has 3 rings (SSSR count). The van der Waals surface area contributed by atoms with Crippen LogP contribution in [-0.2, 0) is 11.4 Å². The van der Waals surface area contributed by atoms with E-state index < -0.39 is 0 Å². The van der Waals surface area contributed by atoms with E-state index in [9.17, 15) is 4.79 Å². The fourth-order valence-corrected chi connectivity index (χ4v) is 2.85. The van der Waals surface area contributed by atoms with E-state index in [0.717, 1.165) is 24.3 Å². The Hall–Kier alpha value is -2.29. The van der Waals surface area contributed by atoms with Gasteiger partial charge in [0.25, 0.3) is 0 Å². The van der Waals surface area contributed by atoms with Gasteiger partial charge >= 0.3 is 0 Å². The van der Waals surface area contributed by atoms with Crippen LogP contribution in [0, 0.1) is 5.92 Å². The van der Waals surface area contributed by atoms with Gasteiger partial charge in [0.15, 0.2) is 0 Å². The summed E-state index contributed by atoms with van der Waals surface area (Å²) in [4.78, 5) is 14.0. The molecule has 120 valence electrons. The Morgan fingerprint density at radius 3 is 2.70 bits per heavy atom. The van der Waals surface area contributed by atoms with Gasteiger partial charge in [-0.05, 0) is 42.5 Å². The number of carbonyl (C=O) groups excluding carboxylic acids is 1. The smallest absolute Gasteiger partial charge is 0.226 e. The monoisotopic (exact) mass is 309 g/mol. The second kappa shape index (κ2) is 6.86. The standard InChI is InChI=1S/C20H23NO2/c1-3-21(2)20(22)19-13-18(19)16-10-7-11-17(12-16)23-14-15-8-5-4-6-9-15/h4-12,18-19H,3,13-14H2,1-2H3. The maximum absolute atomic E-state index is 12.2. The number of amides is 1. The van der Waals surface area contributed by atoms with Crippen molar-refractivity contribution >= 4 is 5.91 Å². The first-order valence-electron chi connectivity index (χ1n) is 8.20. The topological polar surface area (TPSA) is 29.5 Å². The normalized spacial score (nSPS) is 19.2. The molecule has 1 aliphatic rings. The summed E-state index contributed by atoms with van der Waals surface area (Å²) in [5, 5.41) is 0. The fourth-order valence-electron chi connectivity index (χ4n) is 2.85. The second-order valence-electron chi connectivity index (χ2n) is 6.15. The molecule has 3 heteroatoms. The summed E-state index contributed by atoms with van der Waals surface area (Å²) >= 11 is 0.